The molecule has 0 heterocycles. The largest absolute Gasteiger partial charge is 0.478 e. The molecule has 0 radical (unpaired) electrons. The third-order valence-electron chi connectivity index (χ3n) is 2.23. The molecular weight excluding hydrogens is 219 g/mol. The Morgan fingerprint density at radius 2 is 1.82 bits per heavy atom. The predicted molar refractivity (Wildman–Crippen MR) is 66.1 cm³/mol. The first-order chi connectivity index (χ1) is 7.78. The lowest BCUT2D eigenvalue weighted by Gasteiger charge is -2.20. The molecule has 0 bridgehead atoms. The fourth-order valence-corrected chi connectivity index (χ4v) is 1.62. The van der Waals surface area contributed by atoms with E-state index in [0.29, 0.717) is 12.0 Å². The molecule has 1 aromatic carbocycles. The molecule has 0 spiro atoms. The van der Waals surface area contributed by atoms with Gasteiger partial charge in [0.05, 0.1) is 0 Å². The maximum absolute atomic E-state index is 12.8. The van der Waals surface area contributed by atoms with Crippen LogP contribution in [0, 0.1) is 11.2 Å². The van der Waals surface area contributed by atoms with E-state index in [4.69, 9.17) is 5.11 Å². The molecule has 2 nitrogen and oxygen atoms in total. The quantitative estimate of drug-likeness (QED) is 0.812. The molecule has 0 unspecified atom stereocenters. The van der Waals surface area contributed by atoms with Gasteiger partial charge in [-0.25, -0.2) is 9.18 Å². The number of aliphatic carboxylic acids is 1. The molecule has 0 fully saturated rings. The van der Waals surface area contributed by atoms with Crippen molar-refractivity contribution in [3.8, 4) is 0 Å². The van der Waals surface area contributed by atoms with Crippen molar-refractivity contribution in [3.05, 3.63) is 41.7 Å². The van der Waals surface area contributed by atoms with Crippen molar-refractivity contribution in [3.63, 3.8) is 0 Å². The van der Waals surface area contributed by atoms with Gasteiger partial charge in [-0.05, 0) is 35.1 Å². The monoisotopic (exact) mass is 236 g/mol. The van der Waals surface area contributed by atoms with Gasteiger partial charge in [0.2, 0.25) is 0 Å². The molecule has 0 aromatic heterocycles. The second kappa shape index (κ2) is 5.13. The van der Waals surface area contributed by atoms with Crippen LogP contribution >= 0.6 is 0 Å². The number of allylic oxidation sites excluding steroid dienone is 1. The van der Waals surface area contributed by atoms with E-state index in [9.17, 15) is 9.18 Å². The van der Waals surface area contributed by atoms with Crippen molar-refractivity contribution in [2.24, 2.45) is 5.41 Å². The highest BCUT2D eigenvalue weighted by Crippen LogP contribution is 2.30. The van der Waals surface area contributed by atoms with Crippen LogP contribution in [0.5, 0.6) is 0 Å². The molecular formula is C14H17FO2. The smallest absolute Gasteiger partial charge is 0.328 e. The Hall–Kier alpha value is -1.64. The molecule has 0 aliphatic rings. The summed E-state index contributed by atoms with van der Waals surface area (Å²) >= 11 is 0. The Balaban J connectivity index is 3.07. The second-order valence-corrected chi connectivity index (χ2v) is 5.25. The maximum atomic E-state index is 12.8. The summed E-state index contributed by atoms with van der Waals surface area (Å²) in [5, 5.41) is 8.85. The zero-order valence-corrected chi connectivity index (χ0v) is 10.3. The van der Waals surface area contributed by atoms with E-state index < -0.39 is 5.97 Å². The first-order valence-corrected chi connectivity index (χ1v) is 5.47. The van der Waals surface area contributed by atoms with Gasteiger partial charge in [0.25, 0.3) is 0 Å². The molecule has 1 rings (SSSR count). The highest BCUT2D eigenvalue weighted by molar-refractivity contribution is 5.90. The van der Waals surface area contributed by atoms with Gasteiger partial charge in [0.15, 0.2) is 0 Å². The molecule has 1 aromatic rings. The van der Waals surface area contributed by atoms with Crippen LogP contribution < -0.4 is 0 Å². The lowest BCUT2D eigenvalue weighted by atomic mass is 9.85. The average molecular weight is 236 g/mol. The van der Waals surface area contributed by atoms with Gasteiger partial charge in [-0.3, -0.25) is 0 Å². The second-order valence-electron chi connectivity index (χ2n) is 5.25. The van der Waals surface area contributed by atoms with Crippen LogP contribution in [0.4, 0.5) is 4.39 Å². The van der Waals surface area contributed by atoms with E-state index in [0.717, 1.165) is 5.56 Å². The van der Waals surface area contributed by atoms with Crippen LogP contribution in [-0.4, -0.2) is 11.1 Å². The van der Waals surface area contributed by atoms with Crippen LogP contribution in [0.1, 0.15) is 32.8 Å². The Morgan fingerprint density at radius 1 is 1.29 bits per heavy atom. The van der Waals surface area contributed by atoms with Crippen molar-refractivity contribution >= 4 is 11.5 Å². The number of carboxylic acids is 1. The summed E-state index contributed by atoms with van der Waals surface area (Å²) in [7, 11) is 0. The molecule has 3 heteroatoms. The van der Waals surface area contributed by atoms with Gasteiger partial charge in [0, 0.05) is 6.08 Å². The molecule has 0 atom stereocenters. The Labute approximate surface area is 101 Å². The van der Waals surface area contributed by atoms with E-state index in [-0.39, 0.29) is 11.2 Å². The number of carbonyl (C=O) groups is 1. The fraction of sp³-hybridized carbons (Fsp3) is 0.357. The maximum Gasteiger partial charge on any atom is 0.328 e. The summed E-state index contributed by atoms with van der Waals surface area (Å²) < 4.78 is 12.8. The highest BCUT2D eigenvalue weighted by Gasteiger charge is 2.15. The summed E-state index contributed by atoms with van der Waals surface area (Å²) in [4.78, 5) is 10.8. The van der Waals surface area contributed by atoms with Crippen molar-refractivity contribution in [2.75, 3.05) is 0 Å². The van der Waals surface area contributed by atoms with Crippen molar-refractivity contribution in [2.45, 2.75) is 27.2 Å². The first-order valence-electron chi connectivity index (χ1n) is 5.47. The number of carboxylic acid groups (broad SMARTS) is 1. The molecule has 0 amide bonds. The Morgan fingerprint density at radius 3 is 2.24 bits per heavy atom. The summed E-state index contributed by atoms with van der Waals surface area (Å²) in [6.07, 6.45) is 1.82. The molecule has 0 aliphatic carbocycles. The van der Waals surface area contributed by atoms with Gasteiger partial charge >= 0.3 is 5.97 Å². The Kier molecular flexibility index (Phi) is 4.05. The van der Waals surface area contributed by atoms with E-state index in [1.807, 2.05) is 20.8 Å². The lowest BCUT2D eigenvalue weighted by Crippen LogP contribution is -2.07. The molecule has 17 heavy (non-hydrogen) atoms. The number of benzene rings is 1. The third kappa shape index (κ3) is 4.81. The topological polar surface area (TPSA) is 37.3 Å². The number of hydrogen-bond donors (Lipinski definition) is 1. The Bertz CT molecular complexity index is 425. The molecule has 1 N–H and O–H groups in total. The van der Waals surface area contributed by atoms with Crippen molar-refractivity contribution < 1.29 is 14.3 Å². The summed E-state index contributed by atoms with van der Waals surface area (Å²) in [6, 6.07) is 5.90. The predicted octanol–water partition coefficient (Wildman–Crippen LogP) is 3.73. The van der Waals surface area contributed by atoms with Crippen LogP contribution in [0.25, 0.3) is 5.57 Å². The summed E-state index contributed by atoms with van der Waals surface area (Å²) in [5.74, 6) is -1.30. The van der Waals surface area contributed by atoms with Crippen LogP contribution in [0.15, 0.2) is 30.3 Å². The molecule has 0 aliphatic heterocycles. The lowest BCUT2D eigenvalue weighted by molar-refractivity contribution is -0.131. The van der Waals surface area contributed by atoms with Crippen molar-refractivity contribution in [1.29, 1.82) is 0 Å². The molecule has 0 saturated heterocycles. The van der Waals surface area contributed by atoms with Crippen LogP contribution in [-0.2, 0) is 4.79 Å². The van der Waals surface area contributed by atoms with Gasteiger partial charge in [-0.15, -0.1) is 0 Å². The number of rotatable bonds is 3. The van der Waals surface area contributed by atoms with Crippen LogP contribution in [0.3, 0.4) is 0 Å². The van der Waals surface area contributed by atoms with E-state index in [2.05, 4.69) is 0 Å². The zero-order chi connectivity index (χ0) is 13.1. The van der Waals surface area contributed by atoms with E-state index in [1.165, 1.54) is 18.2 Å². The van der Waals surface area contributed by atoms with E-state index in [1.54, 1.807) is 12.1 Å². The minimum Gasteiger partial charge on any atom is -0.478 e. The third-order valence-corrected chi connectivity index (χ3v) is 2.23. The van der Waals surface area contributed by atoms with Crippen molar-refractivity contribution in [1.82, 2.24) is 0 Å². The summed E-state index contributed by atoms with van der Waals surface area (Å²) in [6.45, 7) is 6.10. The SMILES string of the molecule is CC(C)(C)C/C(=C/C(=O)O)c1ccc(F)cc1. The van der Waals surface area contributed by atoms with E-state index >= 15 is 0 Å². The van der Waals surface area contributed by atoms with Gasteiger partial charge < -0.3 is 5.11 Å². The first kappa shape index (κ1) is 13.4. The number of hydrogen-bond acceptors (Lipinski definition) is 1. The van der Waals surface area contributed by atoms with Crippen LogP contribution in [0.2, 0.25) is 0 Å². The normalized spacial score (nSPS) is 12.6. The fourth-order valence-electron chi connectivity index (χ4n) is 1.62. The summed E-state index contributed by atoms with van der Waals surface area (Å²) in [5.41, 5.74) is 1.45. The zero-order valence-electron chi connectivity index (χ0n) is 10.3. The number of halogens is 1. The average Bonchev–Trinajstić information content (AvgIpc) is 2.14. The van der Waals surface area contributed by atoms with Gasteiger partial charge in [-0.2, -0.15) is 0 Å². The molecule has 92 valence electrons. The minimum atomic E-state index is -0.978. The minimum absolute atomic E-state index is 0.0182. The highest BCUT2D eigenvalue weighted by atomic mass is 19.1. The van der Waals surface area contributed by atoms with Gasteiger partial charge in [-0.1, -0.05) is 32.9 Å². The standard InChI is InChI=1S/C14H17FO2/c1-14(2,3)9-11(8-13(16)17)10-4-6-12(15)7-5-10/h4-8H,9H2,1-3H3,(H,16,17)/b11-8-. The van der Waals surface area contributed by atoms with Gasteiger partial charge in [0.1, 0.15) is 5.82 Å². The molecule has 0 saturated carbocycles.